The quantitative estimate of drug-likeness (QED) is 0.0780. The highest BCUT2D eigenvalue weighted by atomic mass is 16.5. The van der Waals surface area contributed by atoms with Crippen molar-refractivity contribution in [1.82, 2.24) is 0 Å². The summed E-state index contributed by atoms with van der Waals surface area (Å²) >= 11 is 0. The predicted molar refractivity (Wildman–Crippen MR) is 179 cm³/mol. The second-order valence-electron chi connectivity index (χ2n) is 10.9. The molecule has 0 saturated carbocycles. The van der Waals surface area contributed by atoms with E-state index in [-0.39, 0.29) is 5.97 Å². The van der Waals surface area contributed by atoms with Crippen LogP contribution in [0.1, 0.15) is 30.9 Å². The van der Waals surface area contributed by atoms with Crippen LogP contribution in [0.15, 0.2) is 128 Å². The van der Waals surface area contributed by atoms with Crippen LogP contribution in [-0.2, 0) is 16.0 Å². The molecule has 0 saturated heterocycles. The number of carbonyl (C=O) groups is 1. The molecule has 0 fully saturated rings. The molecule has 42 heavy (non-hydrogen) atoms. The highest BCUT2D eigenvalue weighted by molar-refractivity contribution is 6.23. The maximum atomic E-state index is 11.3. The summed E-state index contributed by atoms with van der Waals surface area (Å²) in [7, 11) is 0. The van der Waals surface area contributed by atoms with E-state index >= 15 is 0 Å². The summed E-state index contributed by atoms with van der Waals surface area (Å²) < 4.78 is 5.14. The van der Waals surface area contributed by atoms with E-state index in [1.165, 1.54) is 66.2 Å². The van der Waals surface area contributed by atoms with Gasteiger partial charge in [-0.1, -0.05) is 110 Å². The fraction of sp³-hybridized carbons (Fsp3) is 0.125. The van der Waals surface area contributed by atoms with Crippen molar-refractivity contribution in [2.24, 2.45) is 0 Å². The molecule has 0 N–H and O–H groups in total. The Morgan fingerprint density at radius 3 is 1.83 bits per heavy atom. The van der Waals surface area contributed by atoms with Gasteiger partial charge in [0.1, 0.15) is 0 Å². The lowest BCUT2D eigenvalue weighted by atomic mass is 9.87. The molecular formula is C40H34O2. The van der Waals surface area contributed by atoms with Crippen LogP contribution in [0.2, 0.25) is 0 Å². The van der Waals surface area contributed by atoms with Gasteiger partial charge in [0.15, 0.2) is 0 Å². The molecule has 6 aromatic carbocycles. The number of fused-ring (bicyclic) bond motifs is 5. The zero-order chi connectivity index (χ0) is 29.1. The Bertz CT molecular complexity index is 1980. The number of rotatable bonds is 9. The Labute approximate surface area is 247 Å². The molecule has 0 atom stereocenters. The summed E-state index contributed by atoms with van der Waals surface area (Å²) in [5.41, 5.74) is 8.40. The van der Waals surface area contributed by atoms with Crippen LogP contribution < -0.4 is 0 Å². The molecule has 0 bridgehead atoms. The monoisotopic (exact) mass is 546 g/mol. The van der Waals surface area contributed by atoms with E-state index in [4.69, 9.17) is 4.74 Å². The fourth-order valence-corrected chi connectivity index (χ4v) is 5.94. The van der Waals surface area contributed by atoms with Gasteiger partial charge in [-0.3, -0.25) is 0 Å². The van der Waals surface area contributed by atoms with Crippen molar-refractivity contribution in [2.75, 3.05) is 6.61 Å². The van der Waals surface area contributed by atoms with Crippen molar-refractivity contribution < 1.29 is 9.53 Å². The molecule has 2 heteroatoms. The predicted octanol–water partition coefficient (Wildman–Crippen LogP) is 10.6. The third-order valence-corrected chi connectivity index (χ3v) is 8.06. The van der Waals surface area contributed by atoms with Crippen LogP contribution in [0.3, 0.4) is 0 Å². The highest BCUT2D eigenvalue weighted by Crippen LogP contribution is 2.42. The fourth-order valence-electron chi connectivity index (χ4n) is 5.94. The molecule has 0 radical (unpaired) electrons. The lowest BCUT2D eigenvalue weighted by Crippen LogP contribution is -2.02. The minimum absolute atomic E-state index is 0.361. The van der Waals surface area contributed by atoms with E-state index in [1.807, 2.05) is 0 Å². The van der Waals surface area contributed by atoms with Crippen molar-refractivity contribution in [3.63, 3.8) is 0 Å². The normalized spacial score (nSPS) is 11.2. The number of allylic oxidation sites excluding steroid dienone is 1. The van der Waals surface area contributed by atoms with Crippen LogP contribution in [0.25, 0.3) is 60.1 Å². The van der Waals surface area contributed by atoms with Crippen molar-refractivity contribution in [3.05, 3.63) is 140 Å². The minimum atomic E-state index is -0.361. The Morgan fingerprint density at radius 2 is 1.24 bits per heavy atom. The van der Waals surface area contributed by atoms with Gasteiger partial charge in [-0.2, -0.15) is 0 Å². The lowest BCUT2D eigenvalue weighted by Gasteiger charge is -2.17. The third-order valence-electron chi connectivity index (χ3n) is 8.06. The molecule has 6 rings (SSSR count). The Balaban J connectivity index is 1.47. The van der Waals surface area contributed by atoms with Crippen molar-refractivity contribution >= 4 is 43.9 Å². The summed E-state index contributed by atoms with van der Waals surface area (Å²) in [5.74, 6) is -0.361. The number of aryl methyl sites for hydroxylation is 1. The zero-order valence-electron chi connectivity index (χ0n) is 24.0. The van der Waals surface area contributed by atoms with Gasteiger partial charge in [0.05, 0.1) is 6.61 Å². The van der Waals surface area contributed by atoms with Crippen LogP contribution in [0, 0.1) is 0 Å². The topological polar surface area (TPSA) is 26.3 Å². The maximum Gasteiger partial charge on any atom is 0.330 e. The van der Waals surface area contributed by atoms with Gasteiger partial charge in [-0.15, -0.1) is 0 Å². The van der Waals surface area contributed by atoms with Crippen molar-refractivity contribution in [3.8, 4) is 22.3 Å². The molecule has 0 aliphatic heterocycles. The second kappa shape index (κ2) is 11.9. The summed E-state index contributed by atoms with van der Waals surface area (Å²) in [6, 6.07) is 39.8. The van der Waals surface area contributed by atoms with Crippen LogP contribution in [-0.4, -0.2) is 12.6 Å². The first-order chi connectivity index (χ1) is 20.5. The average Bonchev–Trinajstić information content (AvgIpc) is 3.03. The second-order valence-corrected chi connectivity index (χ2v) is 10.9. The Morgan fingerprint density at radius 1 is 0.667 bits per heavy atom. The first-order valence-corrected chi connectivity index (χ1v) is 14.6. The minimum Gasteiger partial charge on any atom is -0.463 e. The van der Waals surface area contributed by atoms with Crippen molar-refractivity contribution in [1.29, 1.82) is 0 Å². The highest BCUT2D eigenvalue weighted by Gasteiger charge is 2.15. The van der Waals surface area contributed by atoms with Crippen LogP contribution in [0.4, 0.5) is 0 Å². The number of hydrogen-bond donors (Lipinski definition) is 0. The van der Waals surface area contributed by atoms with Gasteiger partial charge in [-0.25, -0.2) is 4.79 Å². The van der Waals surface area contributed by atoms with E-state index < -0.39 is 0 Å². The molecule has 0 amide bonds. The first-order valence-electron chi connectivity index (χ1n) is 14.6. The molecule has 0 aliphatic rings. The van der Waals surface area contributed by atoms with Gasteiger partial charge >= 0.3 is 5.97 Å². The van der Waals surface area contributed by atoms with Crippen LogP contribution in [0.5, 0.6) is 0 Å². The average molecular weight is 547 g/mol. The van der Waals surface area contributed by atoms with Crippen LogP contribution >= 0.6 is 0 Å². The number of esters is 1. The molecule has 6 aromatic rings. The number of benzene rings is 6. The van der Waals surface area contributed by atoms with Crippen molar-refractivity contribution in [2.45, 2.75) is 26.2 Å². The zero-order valence-corrected chi connectivity index (χ0v) is 24.0. The molecule has 0 spiro atoms. The Kier molecular flexibility index (Phi) is 7.70. The smallest absolute Gasteiger partial charge is 0.330 e. The van der Waals surface area contributed by atoms with Gasteiger partial charge in [0.25, 0.3) is 0 Å². The molecule has 0 heterocycles. The SMILES string of the molecule is C=CC(=O)OCCCCc1cccc(-c2cc3c4ccccc4c(-c4cccc(C(=C)C)c4)cc3c3ccccc23)c1. The molecular weight excluding hydrogens is 512 g/mol. The summed E-state index contributed by atoms with van der Waals surface area (Å²) in [5, 5.41) is 7.51. The number of hydrogen-bond acceptors (Lipinski definition) is 2. The maximum absolute atomic E-state index is 11.3. The molecule has 206 valence electrons. The summed E-state index contributed by atoms with van der Waals surface area (Å²) in [4.78, 5) is 11.3. The third kappa shape index (κ3) is 5.36. The Hall–Kier alpha value is -4.95. The molecule has 0 aromatic heterocycles. The molecule has 0 aliphatic carbocycles. The molecule has 2 nitrogen and oxygen atoms in total. The van der Waals surface area contributed by atoms with Gasteiger partial charge in [-0.05, 0) is 110 Å². The standard InChI is InChI=1S/C40H34O2/c1-4-40(41)42-22-10-9-13-28-14-11-16-30(23-28)36-25-38-35-21-8-6-19-33(35)37(31-17-12-15-29(24-31)27(2)3)26-39(38)34-20-7-5-18-32(34)36/h4-8,11-12,14-21,23-26H,1-2,9-10,13,22H2,3H3. The number of carbonyl (C=O) groups excluding carboxylic acids is 1. The van der Waals surface area contributed by atoms with E-state index in [0.29, 0.717) is 6.61 Å². The number of ether oxygens (including phenoxy) is 1. The number of unbranched alkanes of at least 4 members (excludes halogenated alkanes) is 1. The largest absolute Gasteiger partial charge is 0.463 e. The first kappa shape index (κ1) is 27.2. The summed E-state index contributed by atoms with van der Waals surface area (Å²) in [6.45, 7) is 10.1. The van der Waals surface area contributed by atoms with Gasteiger partial charge in [0.2, 0.25) is 0 Å². The summed E-state index contributed by atoms with van der Waals surface area (Å²) in [6.07, 6.45) is 3.92. The van der Waals surface area contributed by atoms with E-state index in [0.717, 1.165) is 30.4 Å². The van der Waals surface area contributed by atoms with Gasteiger partial charge in [0, 0.05) is 6.08 Å². The van der Waals surface area contributed by atoms with E-state index in [1.54, 1.807) is 0 Å². The molecule has 0 unspecified atom stereocenters. The van der Waals surface area contributed by atoms with Gasteiger partial charge < -0.3 is 4.74 Å². The lowest BCUT2D eigenvalue weighted by molar-refractivity contribution is -0.137. The van der Waals surface area contributed by atoms with E-state index in [2.05, 4.69) is 129 Å². The van der Waals surface area contributed by atoms with E-state index in [9.17, 15) is 4.79 Å².